The fourth-order valence-electron chi connectivity index (χ4n) is 3.44. The largest absolute Gasteiger partial charge is 0.497 e. The van der Waals surface area contributed by atoms with Gasteiger partial charge in [-0.25, -0.2) is 4.98 Å². The minimum Gasteiger partial charge on any atom is -0.497 e. The third-order valence-corrected chi connectivity index (χ3v) is 6.03. The molecule has 3 aromatic rings. The highest BCUT2D eigenvalue weighted by atomic mass is 32.1. The molecule has 0 radical (unpaired) electrons. The molecule has 1 saturated heterocycles. The van der Waals surface area contributed by atoms with Crippen LogP contribution in [-0.4, -0.2) is 47.9 Å². The van der Waals surface area contributed by atoms with Crippen LogP contribution in [0.15, 0.2) is 46.2 Å². The summed E-state index contributed by atoms with van der Waals surface area (Å²) in [6.45, 7) is 2.96. The van der Waals surface area contributed by atoms with Crippen LogP contribution in [0.3, 0.4) is 0 Å². The Morgan fingerprint density at radius 1 is 1.17 bits per heavy atom. The average molecular weight is 426 g/mol. The summed E-state index contributed by atoms with van der Waals surface area (Å²) in [6, 6.07) is 11.1. The van der Waals surface area contributed by atoms with E-state index in [1.165, 1.54) is 11.3 Å². The number of carbonyl (C=O) groups excluding carboxylic acids is 2. The van der Waals surface area contributed by atoms with Gasteiger partial charge in [0.15, 0.2) is 5.76 Å². The van der Waals surface area contributed by atoms with Crippen molar-refractivity contribution in [2.24, 2.45) is 0 Å². The predicted molar refractivity (Wildman–Crippen MR) is 114 cm³/mol. The number of ether oxygens (including phenoxy) is 1. The van der Waals surface area contributed by atoms with Gasteiger partial charge in [-0.1, -0.05) is 0 Å². The second-order valence-electron chi connectivity index (χ2n) is 7.22. The second-order valence-corrected chi connectivity index (χ2v) is 8.07. The third kappa shape index (κ3) is 4.38. The molecule has 0 bridgehead atoms. The van der Waals surface area contributed by atoms with E-state index in [1.807, 2.05) is 24.3 Å². The van der Waals surface area contributed by atoms with Crippen LogP contribution < -0.4 is 10.1 Å². The Morgan fingerprint density at radius 3 is 2.53 bits per heavy atom. The molecular weight excluding hydrogens is 402 g/mol. The van der Waals surface area contributed by atoms with Gasteiger partial charge in [0.25, 0.3) is 11.8 Å². The lowest BCUT2D eigenvalue weighted by atomic mass is 10.0. The number of aryl methyl sites for hydroxylation is 1. The van der Waals surface area contributed by atoms with Gasteiger partial charge in [-0.15, -0.1) is 11.3 Å². The summed E-state index contributed by atoms with van der Waals surface area (Å²) in [7, 11) is 1.63. The quantitative estimate of drug-likeness (QED) is 0.673. The number of benzene rings is 1. The van der Waals surface area contributed by atoms with Crippen LogP contribution in [0.2, 0.25) is 0 Å². The molecular formula is C22H23N3O4S. The van der Waals surface area contributed by atoms with E-state index in [-0.39, 0.29) is 17.9 Å². The van der Waals surface area contributed by atoms with E-state index in [0.29, 0.717) is 43.1 Å². The SMILES string of the molecule is COc1ccc(-c2nc(C(=O)N3CCC(NC(=O)c4ccc(C)o4)CC3)cs2)cc1. The molecule has 2 amide bonds. The minimum absolute atomic E-state index is 0.0252. The number of rotatable bonds is 5. The molecule has 3 heterocycles. The molecule has 2 aromatic heterocycles. The maximum absolute atomic E-state index is 12.8. The van der Waals surface area contributed by atoms with Gasteiger partial charge in [0.05, 0.1) is 7.11 Å². The van der Waals surface area contributed by atoms with Crippen molar-refractivity contribution in [1.29, 1.82) is 0 Å². The van der Waals surface area contributed by atoms with Crippen molar-refractivity contribution in [2.45, 2.75) is 25.8 Å². The van der Waals surface area contributed by atoms with Gasteiger partial charge in [0, 0.05) is 30.1 Å². The number of furan rings is 1. The Morgan fingerprint density at radius 2 is 1.90 bits per heavy atom. The van der Waals surface area contributed by atoms with Crippen molar-refractivity contribution < 1.29 is 18.7 Å². The van der Waals surface area contributed by atoms with E-state index < -0.39 is 0 Å². The van der Waals surface area contributed by atoms with Crippen LogP contribution in [-0.2, 0) is 0 Å². The molecule has 8 heteroatoms. The van der Waals surface area contributed by atoms with Crippen molar-refractivity contribution in [3.8, 4) is 16.3 Å². The molecule has 30 heavy (non-hydrogen) atoms. The lowest BCUT2D eigenvalue weighted by Gasteiger charge is -2.31. The number of amides is 2. The van der Waals surface area contributed by atoms with Gasteiger partial charge in [-0.2, -0.15) is 0 Å². The molecule has 7 nitrogen and oxygen atoms in total. The van der Waals surface area contributed by atoms with Crippen LogP contribution in [0, 0.1) is 6.92 Å². The van der Waals surface area contributed by atoms with Gasteiger partial charge in [-0.3, -0.25) is 9.59 Å². The topological polar surface area (TPSA) is 84.7 Å². The lowest BCUT2D eigenvalue weighted by molar-refractivity contribution is 0.0691. The van der Waals surface area contributed by atoms with Gasteiger partial charge in [0.2, 0.25) is 0 Å². The second kappa shape index (κ2) is 8.71. The summed E-state index contributed by atoms with van der Waals surface area (Å²) in [5.41, 5.74) is 1.41. The summed E-state index contributed by atoms with van der Waals surface area (Å²) in [5.74, 6) is 1.52. The van der Waals surface area contributed by atoms with Gasteiger partial charge < -0.3 is 19.4 Å². The van der Waals surface area contributed by atoms with Crippen LogP contribution in [0.25, 0.3) is 10.6 Å². The number of hydrogen-bond acceptors (Lipinski definition) is 6. The number of nitrogens with one attached hydrogen (secondary N) is 1. The molecule has 0 atom stereocenters. The first-order valence-corrected chi connectivity index (χ1v) is 10.7. The molecule has 1 aliphatic rings. The maximum Gasteiger partial charge on any atom is 0.287 e. The van der Waals surface area contributed by atoms with E-state index in [4.69, 9.17) is 9.15 Å². The minimum atomic E-state index is -0.212. The maximum atomic E-state index is 12.8. The average Bonchev–Trinajstić information content (AvgIpc) is 3.43. The fraction of sp³-hybridized carbons (Fsp3) is 0.318. The van der Waals surface area contributed by atoms with Crippen LogP contribution in [0.4, 0.5) is 0 Å². The number of likely N-dealkylation sites (tertiary alicyclic amines) is 1. The summed E-state index contributed by atoms with van der Waals surface area (Å²) < 4.78 is 10.5. The number of thiazole rings is 1. The first kappa shape index (κ1) is 20.2. The summed E-state index contributed by atoms with van der Waals surface area (Å²) in [6.07, 6.45) is 1.40. The van der Waals surface area contributed by atoms with E-state index in [2.05, 4.69) is 10.3 Å². The van der Waals surface area contributed by atoms with E-state index >= 15 is 0 Å². The molecule has 0 unspecified atom stereocenters. The zero-order chi connectivity index (χ0) is 21.1. The number of piperidine rings is 1. The fourth-order valence-corrected chi connectivity index (χ4v) is 4.24. The third-order valence-electron chi connectivity index (χ3n) is 5.14. The Kier molecular flexibility index (Phi) is 5.85. The van der Waals surface area contributed by atoms with Crippen molar-refractivity contribution in [2.75, 3.05) is 20.2 Å². The molecule has 4 rings (SSSR count). The molecule has 156 valence electrons. The van der Waals surface area contributed by atoms with Crippen molar-refractivity contribution in [3.05, 3.63) is 59.0 Å². The highest BCUT2D eigenvalue weighted by Crippen LogP contribution is 2.26. The number of hydrogen-bond donors (Lipinski definition) is 1. The monoisotopic (exact) mass is 425 g/mol. The first-order valence-electron chi connectivity index (χ1n) is 9.80. The predicted octanol–water partition coefficient (Wildman–Crippen LogP) is 3.75. The Labute approximate surface area is 178 Å². The normalized spacial score (nSPS) is 14.5. The zero-order valence-corrected chi connectivity index (χ0v) is 17.7. The number of methoxy groups -OCH3 is 1. The molecule has 1 aromatic carbocycles. The number of aromatic nitrogens is 1. The van der Waals surface area contributed by atoms with Crippen molar-refractivity contribution >= 4 is 23.2 Å². The zero-order valence-electron chi connectivity index (χ0n) is 16.9. The van der Waals surface area contributed by atoms with Crippen LogP contribution >= 0.6 is 11.3 Å². The highest BCUT2D eigenvalue weighted by molar-refractivity contribution is 7.13. The van der Waals surface area contributed by atoms with Crippen LogP contribution in [0.1, 0.15) is 39.6 Å². The molecule has 0 spiro atoms. The Balaban J connectivity index is 1.33. The van der Waals surface area contributed by atoms with E-state index in [1.54, 1.807) is 36.4 Å². The first-order chi connectivity index (χ1) is 14.5. The Bertz CT molecular complexity index is 1030. The highest BCUT2D eigenvalue weighted by Gasteiger charge is 2.26. The smallest absolute Gasteiger partial charge is 0.287 e. The van der Waals surface area contributed by atoms with Crippen LogP contribution in [0.5, 0.6) is 5.75 Å². The standard InChI is InChI=1S/C22H23N3O4S/c1-14-3-8-19(29-14)20(26)23-16-9-11-25(12-10-16)22(27)18-13-30-21(24-18)15-4-6-17(28-2)7-5-15/h3-8,13,16H,9-12H2,1-2H3,(H,23,26). The Hall–Kier alpha value is -3.13. The van der Waals surface area contributed by atoms with Gasteiger partial charge in [0.1, 0.15) is 22.2 Å². The van der Waals surface area contributed by atoms with Gasteiger partial charge >= 0.3 is 0 Å². The van der Waals surface area contributed by atoms with E-state index in [9.17, 15) is 9.59 Å². The molecule has 0 saturated carbocycles. The lowest BCUT2D eigenvalue weighted by Crippen LogP contribution is -2.46. The number of carbonyl (C=O) groups is 2. The van der Waals surface area contributed by atoms with Crippen molar-refractivity contribution in [1.82, 2.24) is 15.2 Å². The molecule has 1 N–H and O–H groups in total. The van der Waals surface area contributed by atoms with Crippen molar-refractivity contribution in [3.63, 3.8) is 0 Å². The summed E-state index contributed by atoms with van der Waals surface area (Å²) in [5, 5.41) is 5.59. The van der Waals surface area contributed by atoms with E-state index in [0.717, 1.165) is 16.3 Å². The summed E-state index contributed by atoms with van der Waals surface area (Å²) in [4.78, 5) is 31.4. The molecule has 0 aliphatic carbocycles. The molecule has 1 aliphatic heterocycles. The summed E-state index contributed by atoms with van der Waals surface area (Å²) >= 11 is 1.45. The molecule has 1 fully saturated rings. The number of nitrogens with zero attached hydrogens (tertiary/aromatic N) is 2. The van der Waals surface area contributed by atoms with Gasteiger partial charge in [-0.05, 0) is 56.2 Å².